The van der Waals surface area contributed by atoms with E-state index in [0.717, 1.165) is 16.3 Å². The first-order chi connectivity index (χ1) is 5.18. The zero-order valence-electron chi connectivity index (χ0n) is 6.04. The van der Waals surface area contributed by atoms with E-state index in [-0.39, 0.29) is 6.00 Å². The van der Waals surface area contributed by atoms with Crippen LogP contribution in [0.2, 0.25) is 0 Å². The Morgan fingerprint density at radius 3 is 2.55 bits per heavy atom. The number of ether oxygens (including phenoxy) is 1. The molecule has 0 aromatic carbocycles. The molecule has 11 heavy (non-hydrogen) atoms. The molecule has 1 saturated heterocycles. The third kappa shape index (κ3) is 1.59. The summed E-state index contributed by atoms with van der Waals surface area (Å²) in [5.74, 6) is 0.729. The fraction of sp³-hybridized carbons (Fsp3) is 1.00. The number of fused-ring (bicyclic) bond motifs is 1. The van der Waals surface area contributed by atoms with Gasteiger partial charge >= 0.3 is 0 Å². The molecule has 2 aliphatic rings. The molecule has 0 aromatic rings. The van der Waals surface area contributed by atoms with E-state index < -0.39 is 0 Å². The average molecular weight is 374 g/mol. The van der Waals surface area contributed by atoms with E-state index >= 15 is 0 Å². The molecular weight excluding hydrogens is 365 g/mol. The molecule has 5 atom stereocenters. The zero-order valence-corrected chi connectivity index (χ0v) is 10.4. The lowest BCUT2D eigenvalue weighted by atomic mass is 9.91. The number of halogens is 2. The monoisotopic (exact) mass is 374 g/mol. The molecule has 60 valence electrons. The van der Waals surface area contributed by atoms with Crippen LogP contribution in [-0.2, 0) is 4.74 Å². The number of hydrogen-bond acceptors (Lipinski definition) is 1. The van der Waals surface area contributed by atoms with E-state index in [0.29, 0.717) is 10.0 Å². The largest absolute Gasteiger partial charge is 0.383 e. The van der Waals surface area contributed by atoms with Gasteiger partial charge in [-0.25, -0.2) is 0 Å². The van der Waals surface area contributed by atoms with E-state index in [4.69, 9.17) is 12.6 Å². The Hall–Kier alpha value is 1.48. The van der Waals surface area contributed by atoms with Crippen LogP contribution in [0.15, 0.2) is 0 Å². The van der Waals surface area contributed by atoms with Crippen molar-refractivity contribution < 1.29 is 4.74 Å². The van der Waals surface area contributed by atoms with Crippen LogP contribution in [0.3, 0.4) is 0 Å². The van der Waals surface area contributed by atoms with Crippen molar-refractivity contribution >= 4 is 53.0 Å². The molecule has 1 aliphatic carbocycles. The van der Waals surface area contributed by atoms with Crippen molar-refractivity contribution in [2.45, 2.75) is 32.8 Å². The van der Waals surface area contributed by atoms with E-state index in [1.807, 2.05) is 0 Å². The molecule has 2 fully saturated rings. The van der Waals surface area contributed by atoms with Gasteiger partial charge in [0.2, 0.25) is 0 Å². The summed E-state index contributed by atoms with van der Waals surface area (Å²) in [4.78, 5) is 0. The third-order valence-corrected chi connectivity index (χ3v) is 5.18. The molecule has 0 N–H and O–H groups in total. The molecule has 0 unspecified atom stereocenters. The Morgan fingerprint density at radius 1 is 1.18 bits per heavy atom. The Kier molecular flexibility index (Phi) is 2.74. The van der Waals surface area contributed by atoms with Gasteiger partial charge in [0.1, 0.15) is 7.85 Å². The second-order valence-corrected chi connectivity index (χ2v) is 6.51. The van der Waals surface area contributed by atoms with Crippen LogP contribution in [0.1, 0.15) is 12.8 Å². The Balaban J connectivity index is 2.10. The molecule has 2 rings (SSSR count). The number of hydrogen-bond donors (Lipinski definition) is 0. The molecule has 2 radical (unpaired) electrons. The summed E-state index contributed by atoms with van der Waals surface area (Å²) in [6.45, 7) is 0. The fourth-order valence-corrected chi connectivity index (χ4v) is 5.47. The lowest BCUT2D eigenvalue weighted by Gasteiger charge is -2.12. The molecule has 0 amide bonds. The van der Waals surface area contributed by atoms with Gasteiger partial charge in [-0.15, -0.1) is 0 Å². The second kappa shape index (κ2) is 3.33. The maximum absolute atomic E-state index is 5.72. The summed E-state index contributed by atoms with van der Waals surface area (Å²) >= 11 is 5.02. The highest BCUT2D eigenvalue weighted by molar-refractivity contribution is 14.1. The van der Waals surface area contributed by atoms with Crippen molar-refractivity contribution in [3.8, 4) is 0 Å². The maximum atomic E-state index is 5.72. The molecular formula is C7H9BI2O. The van der Waals surface area contributed by atoms with Gasteiger partial charge in [0.05, 0.1) is 6.10 Å². The van der Waals surface area contributed by atoms with Gasteiger partial charge in [0.25, 0.3) is 0 Å². The average Bonchev–Trinajstić information content (AvgIpc) is 2.38. The molecule has 0 spiro atoms. The highest BCUT2D eigenvalue weighted by Crippen LogP contribution is 2.45. The summed E-state index contributed by atoms with van der Waals surface area (Å²) in [5, 5.41) is 0. The zero-order chi connectivity index (χ0) is 8.01. The van der Waals surface area contributed by atoms with E-state index in [9.17, 15) is 0 Å². The summed E-state index contributed by atoms with van der Waals surface area (Å²) in [7, 11) is 5.72. The highest BCUT2D eigenvalue weighted by Gasteiger charge is 2.46. The van der Waals surface area contributed by atoms with Crippen LogP contribution >= 0.6 is 45.2 Å². The smallest absolute Gasteiger partial charge is 0.109 e. The summed E-state index contributed by atoms with van der Waals surface area (Å²) in [6.07, 6.45) is 2.81. The van der Waals surface area contributed by atoms with Crippen molar-refractivity contribution in [3.63, 3.8) is 0 Å². The lowest BCUT2D eigenvalue weighted by molar-refractivity contribution is 0.0881. The van der Waals surface area contributed by atoms with Gasteiger partial charge in [-0.2, -0.15) is 0 Å². The maximum Gasteiger partial charge on any atom is 0.109 e. The normalized spacial score (nSPS) is 56.4. The summed E-state index contributed by atoms with van der Waals surface area (Å²) in [6, 6.07) is 0.0137. The standard InChI is InChI=1S/C7H9BI2O/c8-6-1-3-4(9)2-5(10)7(3)11-6/h3-7H,1-2H2/t3-,4+,5+,6-,7-/m0/s1. The van der Waals surface area contributed by atoms with Gasteiger partial charge in [0, 0.05) is 13.9 Å². The first-order valence-corrected chi connectivity index (χ1v) is 6.37. The van der Waals surface area contributed by atoms with Crippen LogP contribution < -0.4 is 0 Å². The van der Waals surface area contributed by atoms with E-state index in [1.165, 1.54) is 6.42 Å². The third-order valence-electron chi connectivity index (χ3n) is 2.53. The second-order valence-electron chi connectivity index (χ2n) is 3.31. The quantitative estimate of drug-likeness (QED) is 0.358. The molecule has 1 nitrogen and oxygen atoms in total. The van der Waals surface area contributed by atoms with Gasteiger partial charge in [0.15, 0.2) is 0 Å². The molecule has 1 saturated carbocycles. The van der Waals surface area contributed by atoms with Crippen LogP contribution in [0, 0.1) is 5.92 Å². The lowest BCUT2D eigenvalue weighted by Crippen LogP contribution is -2.19. The van der Waals surface area contributed by atoms with Gasteiger partial charge in [-0.1, -0.05) is 45.2 Å². The molecule has 4 heteroatoms. The van der Waals surface area contributed by atoms with Crippen LogP contribution in [-0.4, -0.2) is 27.8 Å². The van der Waals surface area contributed by atoms with Crippen molar-refractivity contribution in [3.05, 3.63) is 0 Å². The number of alkyl halides is 2. The van der Waals surface area contributed by atoms with E-state index in [1.54, 1.807) is 0 Å². The summed E-state index contributed by atoms with van der Waals surface area (Å²) in [5.41, 5.74) is 0. The van der Waals surface area contributed by atoms with Gasteiger partial charge in [-0.05, 0) is 18.8 Å². The van der Waals surface area contributed by atoms with Crippen LogP contribution in [0.4, 0.5) is 0 Å². The Bertz CT molecular complexity index is 151. The van der Waals surface area contributed by atoms with Crippen molar-refractivity contribution in [2.24, 2.45) is 5.92 Å². The molecule has 1 aliphatic heterocycles. The van der Waals surface area contributed by atoms with Crippen LogP contribution in [0.5, 0.6) is 0 Å². The van der Waals surface area contributed by atoms with E-state index in [2.05, 4.69) is 45.2 Å². The molecule has 0 bridgehead atoms. The van der Waals surface area contributed by atoms with Crippen molar-refractivity contribution in [1.82, 2.24) is 0 Å². The molecule has 0 aromatic heterocycles. The Labute approximate surface area is 95.7 Å². The fourth-order valence-electron chi connectivity index (χ4n) is 1.99. The first kappa shape index (κ1) is 9.06. The van der Waals surface area contributed by atoms with Gasteiger partial charge in [-0.3, -0.25) is 0 Å². The topological polar surface area (TPSA) is 9.23 Å². The summed E-state index contributed by atoms with van der Waals surface area (Å²) < 4.78 is 7.11. The van der Waals surface area contributed by atoms with Crippen LogP contribution in [0.25, 0.3) is 0 Å². The minimum atomic E-state index is 0.0137. The minimum absolute atomic E-state index is 0.0137. The Morgan fingerprint density at radius 2 is 1.91 bits per heavy atom. The van der Waals surface area contributed by atoms with Gasteiger partial charge < -0.3 is 4.74 Å². The molecule has 1 heterocycles. The SMILES string of the molecule is [B][C@@H]1C[C@@H]2[C@H](O1)[C@H](I)C[C@H]2I. The van der Waals surface area contributed by atoms with Crippen molar-refractivity contribution in [2.75, 3.05) is 0 Å². The van der Waals surface area contributed by atoms with Crippen molar-refractivity contribution in [1.29, 1.82) is 0 Å². The number of rotatable bonds is 0. The highest BCUT2D eigenvalue weighted by atomic mass is 127. The predicted molar refractivity (Wildman–Crippen MR) is 62.8 cm³/mol. The first-order valence-electron chi connectivity index (χ1n) is 3.87. The predicted octanol–water partition coefficient (Wildman–Crippen LogP) is 1.90. The minimum Gasteiger partial charge on any atom is -0.383 e.